The molecule has 1 atom stereocenters. The van der Waals surface area contributed by atoms with Crippen molar-refractivity contribution in [3.8, 4) is 17.2 Å². The van der Waals surface area contributed by atoms with Crippen LogP contribution in [0.15, 0.2) is 59.0 Å². The normalized spacial score (nSPS) is 13.6. The molecule has 3 aromatic rings. The second kappa shape index (κ2) is 8.26. The summed E-state index contributed by atoms with van der Waals surface area (Å²) in [6.45, 7) is 3.05. The summed E-state index contributed by atoms with van der Waals surface area (Å²) in [6, 6.07) is 14.3. The highest BCUT2D eigenvalue weighted by molar-refractivity contribution is 5.91. The van der Waals surface area contributed by atoms with Crippen LogP contribution in [0.2, 0.25) is 0 Å². The van der Waals surface area contributed by atoms with Gasteiger partial charge in [0.05, 0.1) is 6.04 Å². The minimum absolute atomic E-state index is 0.136. The first-order chi connectivity index (χ1) is 14.1. The van der Waals surface area contributed by atoms with Crippen molar-refractivity contribution in [2.75, 3.05) is 13.2 Å². The molecule has 0 spiro atoms. The highest BCUT2D eigenvalue weighted by Gasteiger charge is 2.18. The maximum atomic E-state index is 12.9. The molecule has 0 saturated carbocycles. The Bertz CT molecular complexity index is 999. The monoisotopic (exact) mass is 397 g/mol. The fraction of sp³-hybridized carbons (Fsp3) is 0.227. The Labute approximate surface area is 167 Å². The Kier molecular flexibility index (Phi) is 5.37. The van der Waals surface area contributed by atoms with Gasteiger partial charge in [0.2, 0.25) is 0 Å². The van der Waals surface area contributed by atoms with Gasteiger partial charge in [-0.25, -0.2) is 4.39 Å². The van der Waals surface area contributed by atoms with Gasteiger partial charge in [0.15, 0.2) is 17.3 Å². The second-order valence-corrected chi connectivity index (χ2v) is 6.61. The molecule has 29 heavy (non-hydrogen) atoms. The number of furan rings is 1. The Morgan fingerprint density at radius 1 is 1.07 bits per heavy atom. The molecule has 1 amide bonds. The maximum absolute atomic E-state index is 12.9. The predicted octanol–water partition coefficient (Wildman–Crippen LogP) is 4.26. The summed E-state index contributed by atoms with van der Waals surface area (Å²) in [4.78, 5) is 12.5. The third-order valence-corrected chi connectivity index (χ3v) is 4.49. The third-order valence-electron chi connectivity index (χ3n) is 4.49. The Hall–Kier alpha value is -3.48. The van der Waals surface area contributed by atoms with Crippen molar-refractivity contribution in [2.45, 2.75) is 19.6 Å². The topological polar surface area (TPSA) is 69.9 Å². The number of ether oxygens (including phenoxy) is 3. The zero-order valence-corrected chi connectivity index (χ0v) is 15.8. The van der Waals surface area contributed by atoms with E-state index in [0.29, 0.717) is 36.2 Å². The smallest absolute Gasteiger partial charge is 0.287 e. The molecule has 2 aromatic carbocycles. The lowest BCUT2D eigenvalue weighted by Crippen LogP contribution is -2.26. The molecule has 1 N–H and O–H groups in total. The summed E-state index contributed by atoms with van der Waals surface area (Å²) in [5.74, 6) is 1.91. The van der Waals surface area contributed by atoms with Gasteiger partial charge in [-0.05, 0) is 61.0 Å². The van der Waals surface area contributed by atoms with Crippen molar-refractivity contribution >= 4 is 5.91 Å². The van der Waals surface area contributed by atoms with Gasteiger partial charge in [-0.1, -0.05) is 6.07 Å². The number of nitrogens with one attached hydrogen (secondary N) is 1. The summed E-state index contributed by atoms with van der Waals surface area (Å²) in [6.07, 6.45) is 0. The van der Waals surface area contributed by atoms with Crippen LogP contribution in [0.1, 0.15) is 34.8 Å². The fourth-order valence-corrected chi connectivity index (χ4v) is 2.94. The molecule has 1 unspecified atom stereocenters. The molecule has 7 heteroatoms. The van der Waals surface area contributed by atoms with Gasteiger partial charge in [-0.15, -0.1) is 0 Å². The SMILES string of the molecule is CC(NC(=O)c1ccc(COc2ccc(F)cc2)o1)c1ccc2c(c1)OCCO2. The predicted molar refractivity (Wildman–Crippen MR) is 103 cm³/mol. The van der Waals surface area contributed by atoms with Crippen LogP contribution >= 0.6 is 0 Å². The molecular formula is C22H20FNO5. The Balaban J connectivity index is 1.35. The van der Waals surface area contributed by atoms with E-state index in [1.54, 1.807) is 12.1 Å². The summed E-state index contributed by atoms with van der Waals surface area (Å²) >= 11 is 0. The van der Waals surface area contributed by atoms with E-state index in [1.165, 1.54) is 24.3 Å². The lowest BCUT2D eigenvalue weighted by atomic mass is 10.1. The Morgan fingerprint density at radius 3 is 2.62 bits per heavy atom. The molecule has 1 aromatic heterocycles. The van der Waals surface area contributed by atoms with Crippen molar-refractivity contribution < 1.29 is 27.8 Å². The lowest BCUT2D eigenvalue weighted by molar-refractivity contribution is 0.0907. The minimum Gasteiger partial charge on any atom is -0.486 e. The van der Waals surface area contributed by atoms with Gasteiger partial charge >= 0.3 is 0 Å². The summed E-state index contributed by atoms with van der Waals surface area (Å²) in [5.41, 5.74) is 0.897. The number of halogens is 1. The van der Waals surface area contributed by atoms with Crippen molar-refractivity contribution in [3.63, 3.8) is 0 Å². The van der Waals surface area contributed by atoms with Gasteiger partial charge in [-0.3, -0.25) is 4.79 Å². The van der Waals surface area contributed by atoms with Crippen LogP contribution in [0.5, 0.6) is 17.2 Å². The van der Waals surface area contributed by atoms with Crippen LogP contribution in [0.3, 0.4) is 0 Å². The number of rotatable bonds is 6. The van der Waals surface area contributed by atoms with Crippen molar-refractivity contribution in [2.24, 2.45) is 0 Å². The number of benzene rings is 2. The van der Waals surface area contributed by atoms with E-state index in [4.69, 9.17) is 18.6 Å². The molecular weight excluding hydrogens is 377 g/mol. The number of amides is 1. The molecule has 150 valence electrons. The van der Waals surface area contributed by atoms with E-state index in [0.717, 1.165) is 5.56 Å². The van der Waals surface area contributed by atoms with E-state index in [2.05, 4.69) is 5.32 Å². The molecule has 0 radical (unpaired) electrons. The van der Waals surface area contributed by atoms with Gasteiger partial charge in [-0.2, -0.15) is 0 Å². The molecule has 1 aliphatic heterocycles. The van der Waals surface area contributed by atoms with Gasteiger partial charge < -0.3 is 23.9 Å². The lowest BCUT2D eigenvalue weighted by Gasteiger charge is -2.21. The van der Waals surface area contributed by atoms with E-state index < -0.39 is 0 Å². The van der Waals surface area contributed by atoms with E-state index in [-0.39, 0.29) is 30.1 Å². The van der Waals surface area contributed by atoms with Crippen LogP contribution in [0, 0.1) is 5.82 Å². The van der Waals surface area contributed by atoms with Crippen LogP contribution in [-0.2, 0) is 6.61 Å². The molecule has 2 heterocycles. The molecule has 1 aliphatic rings. The van der Waals surface area contributed by atoms with E-state index in [9.17, 15) is 9.18 Å². The first kappa shape index (κ1) is 18.9. The van der Waals surface area contributed by atoms with Gasteiger partial charge in [0, 0.05) is 0 Å². The molecule has 0 fully saturated rings. The standard InChI is InChI=1S/C22H20FNO5/c1-14(15-2-8-19-21(12-15)27-11-10-26-19)24-22(25)20-9-7-18(29-20)13-28-17-5-3-16(23)4-6-17/h2-9,12,14H,10-11,13H2,1H3,(H,24,25). The summed E-state index contributed by atoms with van der Waals surface area (Å²) < 4.78 is 35.1. The van der Waals surface area contributed by atoms with Crippen LogP contribution in [-0.4, -0.2) is 19.1 Å². The van der Waals surface area contributed by atoms with Gasteiger partial charge in [0.25, 0.3) is 5.91 Å². The summed E-state index contributed by atoms with van der Waals surface area (Å²) in [7, 11) is 0. The second-order valence-electron chi connectivity index (χ2n) is 6.61. The molecule has 4 rings (SSSR count). The molecule has 6 nitrogen and oxygen atoms in total. The summed E-state index contributed by atoms with van der Waals surface area (Å²) in [5, 5.41) is 2.90. The van der Waals surface area contributed by atoms with E-state index in [1.807, 2.05) is 25.1 Å². The average Bonchev–Trinajstić information content (AvgIpc) is 3.22. The first-order valence-electron chi connectivity index (χ1n) is 9.26. The number of carbonyl (C=O) groups is 1. The quantitative estimate of drug-likeness (QED) is 0.673. The first-order valence-corrected chi connectivity index (χ1v) is 9.26. The van der Waals surface area contributed by atoms with Crippen molar-refractivity contribution in [1.29, 1.82) is 0 Å². The zero-order chi connectivity index (χ0) is 20.2. The zero-order valence-electron chi connectivity index (χ0n) is 15.8. The largest absolute Gasteiger partial charge is 0.486 e. The van der Waals surface area contributed by atoms with Crippen LogP contribution in [0.25, 0.3) is 0 Å². The number of hydrogen-bond acceptors (Lipinski definition) is 5. The molecule has 0 aliphatic carbocycles. The molecule has 0 saturated heterocycles. The Morgan fingerprint density at radius 2 is 1.83 bits per heavy atom. The van der Waals surface area contributed by atoms with Gasteiger partial charge in [0.1, 0.15) is 37.1 Å². The number of fused-ring (bicyclic) bond motifs is 1. The number of carbonyl (C=O) groups excluding carboxylic acids is 1. The fourth-order valence-electron chi connectivity index (χ4n) is 2.94. The third kappa shape index (κ3) is 4.51. The highest BCUT2D eigenvalue weighted by Crippen LogP contribution is 2.32. The van der Waals surface area contributed by atoms with Crippen molar-refractivity contribution in [1.82, 2.24) is 5.32 Å². The van der Waals surface area contributed by atoms with Crippen LogP contribution in [0.4, 0.5) is 4.39 Å². The molecule has 0 bridgehead atoms. The number of hydrogen-bond donors (Lipinski definition) is 1. The highest BCUT2D eigenvalue weighted by atomic mass is 19.1. The van der Waals surface area contributed by atoms with E-state index >= 15 is 0 Å². The minimum atomic E-state index is -0.333. The van der Waals surface area contributed by atoms with Crippen LogP contribution < -0.4 is 19.5 Å². The average molecular weight is 397 g/mol. The maximum Gasteiger partial charge on any atom is 0.287 e. The van der Waals surface area contributed by atoms with Crippen molar-refractivity contribution in [3.05, 3.63) is 77.5 Å².